The van der Waals surface area contributed by atoms with E-state index in [2.05, 4.69) is 25.6 Å². The fourth-order valence-corrected chi connectivity index (χ4v) is 5.88. The molecule has 1 atom stereocenters. The zero-order valence-electron chi connectivity index (χ0n) is 17.4. The van der Waals surface area contributed by atoms with Crippen molar-refractivity contribution in [3.05, 3.63) is 88.4 Å². The molecule has 0 aliphatic carbocycles. The molecular formula is C23H17BrClN3O4S2. The van der Waals surface area contributed by atoms with Crippen molar-refractivity contribution in [1.29, 1.82) is 0 Å². The molecule has 0 saturated carbocycles. The summed E-state index contributed by atoms with van der Waals surface area (Å²) in [5.74, 6) is -0.814. The van der Waals surface area contributed by atoms with E-state index in [1.54, 1.807) is 66.7 Å². The van der Waals surface area contributed by atoms with Gasteiger partial charge in [0.25, 0.3) is 10.0 Å². The van der Waals surface area contributed by atoms with Crippen LogP contribution in [0.3, 0.4) is 0 Å². The fourth-order valence-electron chi connectivity index (χ4n) is 3.15. The average Bonchev–Trinajstić information content (AvgIpc) is 3.10. The summed E-state index contributed by atoms with van der Waals surface area (Å²) in [6.07, 6.45) is -0.160. The smallest absolute Gasteiger partial charge is 0.284 e. The summed E-state index contributed by atoms with van der Waals surface area (Å²) in [5.41, 5.74) is 1.00. The molecule has 3 aromatic rings. The number of amidine groups is 1. The van der Waals surface area contributed by atoms with Gasteiger partial charge in [0.1, 0.15) is 5.25 Å². The second-order valence-corrected chi connectivity index (χ2v) is 11.3. The Labute approximate surface area is 214 Å². The van der Waals surface area contributed by atoms with Crippen molar-refractivity contribution in [1.82, 2.24) is 0 Å². The van der Waals surface area contributed by atoms with Crippen LogP contribution in [0.1, 0.15) is 6.42 Å². The first-order valence-corrected chi connectivity index (χ1v) is 13.4. The number of nitrogens with zero attached hydrogens (tertiary/aromatic N) is 2. The largest absolute Gasteiger partial charge is 0.326 e. The third-order valence-electron chi connectivity index (χ3n) is 4.76. The molecule has 174 valence electrons. The minimum absolute atomic E-state index is 0.00630. The minimum Gasteiger partial charge on any atom is -0.326 e. The van der Waals surface area contributed by atoms with Crippen LogP contribution in [0.25, 0.3) is 0 Å². The molecule has 34 heavy (non-hydrogen) atoms. The SMILES string of the molecule is O=C(C[C@@H]1SC(=NS(=O)(=O)c2ccc(Br)cc2)N(c2ccccc2)C1=O)Nc1ccc(Cl)cc1. The molecular weight excluding hydrogens is 562 g/mol. The second-order valence-electron chi connectivity index (χ2n) is 7.18. The van der Waals surface area contributed by atoms with Crippen LogP contribution in [0.2, 0.25) is 5.02 Å². The van der Waals surface area contributed by atoms with Crippen LogP contribution in [0, 0.1) is 0 Å². The highest BCUT2D eigenvalue weighted by atomic mass is 79.9. The van der Waals surface area contributed by atoms with Crippen LogP contribution in [0.5, 0.6) is 0 Å². The molecule has 1 fully saturated rings. The molecule has 1 aliphatic rings. The number of hydrogen-bond acceptors (Lipinski definition) is 5. The van der Waals surface area contributed by atoms with Crippen LogP contribution in [0.4, 0.5) is 11.4 Å². The molecule has 0 spiro atoms. The van der Waals surface area contributed by atoms with Crippen LogP contribution >= 0.6 is 39.3 Å². The summed E-state index contributed by atoms with van der Waals surface area (Å²) in [6.45, 7) is 0. The van der Waals surface area contributed by atoms with Crippen molar-refractivity contribution in [2.24, 2.45) is 4.40 Å². The summed E-state index contributed by atoms with van der Waals surface area (Å²) >= 11 is 10.1. The van der Waals surface area contributed by atoms with Crippen LogP contribution in [-0.4, -0.2) is 30.6 Å². The highest BCUT2D eigenvalue weighted by Gasteiger charge is 2.41. The number of sulfonamides is 1. The first-order chi connectivity index (χ1) is 16.2. The number of benzene rings is 3. The predicted octanol–water partition coefficient (Wildman–Crippen LogP) is 5.32. The molecule has 4 rings (SSSR count). The Kier molecular flexibility index (Phi) is 7.42. The van der Waals surface area contributed by atoms with Gasteiger partial charge in [-0.1, -0.05) is 57.5 Å². The number of thioether (sulfide) groups is 1. The first kappa shape index (κ1) is 24.5. The van der Waals surface area contributed by atoms with Gasteiger partial charge < -0.3 is 5.32 Å². The third-order valence-corrected chi connectivity index (χ3v) is 8.07. The number of carbonyl (C=O) groups excluding carboxylic acids is 2. The Hall–Kier alpha value is -2.66. The number of carbonyl (C=O) groups is 2. The second kappa shape index (κ2) is 10.3. The van der Waals surface area contributed by atoms with Gasteiger partial charge >= 0.3 is 0 Å². The van der Waals surface area contributed by atoms with Gasteiger partial charge in [0.15, 0.2) is 5.17 Å². The summed E-state index contributed by atoms with van der Waals surface area (Å²) in [5, 5.41) is 2.40. The lowest BCUT2D eigenvalue weighted by atomic mass is 10.2. The van der Waals surface area contributed by atoms with Gasteiger partial charge in [0.05, 0.1) is 10.6 Å². The molecule has 1 N–H and O–H groups in total. The first-order valence-electron chi connectivity index (χ1n) is 9.94. The summed E-state index contributed by atoms with van der Waals surface area (Å²) in [6, 6.07) is 21.2. The quantitative estimate of drug-likeness (QED) is 0.427. The number of rotatable bonds is 6. The van der Waals surface area contributed by atoms with E-state index < -0.39 is 27.1 Å². The van der Waals surface area contributed by atoms with E-state index >= 15 is 0 Å². The zero-order chi connectivity index (χ0) is 24.3. The van der Waals surface area contributed by atoms with Crippen LogP contribution in [-0.2, 0) is 19.6 Å². The summed E-state index contributed by atoms with van der Waals surface area (Å²) < 4.78 is 30.6. The van der Waals surface area contributed by atoms with Crippen molar-refractivity contribution in [3.8, 4) is 0 Å². The maximum atomic E-state index is 13.2. The molecule has 11 heteroatoms. The molecule has 3 aromatic carbocycles. The van der Waals surface area contributed by atoms with Crippen molar-refractivity contribution in [2.45, 2.75) is 16.6 Å². The molecule has 0 unspecified atom stereocenters. The number of anilines is 2. The number of amides is 2. The Bertz CT molecular complexity index is 1350. The normalized spacial score (nSPS) is 17.2. The monoisotopic (exact) mass is 577 g/mol. The van der Waals surface area contributed by atoms with Crippen molar-refractivity contribution >= 4 is 77.7 Å². The molecule has 0 radical (unpaired) electrons. The third kappa shape index (κ3) is 5.69. The van der Waals surface area contributed by atoms with E-state index in [1.165, 1.54) is 17.0 Å². The van der Waals surface area contributed by atoms with E-state index in [0.29, 0.717) is 16.4 Å². The van der Waals surface area contributed by atoms with Gasteiger partial charge in [0, 0.05) is 21.6 Å². The van der Waals surface area contributed by atoms with E-state index in [9.17, 15) is 18.0 Å². The minimum atomic E-state index is -4.09. The average molecular weight is 579 g/mol. The van der Waals surface area contributed by atoms with E-state index in [1.807, 2.05) is 0 Å². The Balaban J connectivity index is 1.61. The zero-order valence-corrected chi connectivity index (χ0v) is 21.4. The van der Waals surface area contributed by atoms with E-state index in [4.69, 9.17) is 11.6 Å². The summed E-state index contributed by atoms with van der Waals surface area (Å²) in [7, 11) is -4.09. The number of para-hydroxylation sites is 1. The maximum absolute atomic E-state index is 13.2. The number of hydrogen-bond donors (Lipinski definition) is 1. The van der Waals surface area contributed by atoms with Crippen LogP contribution < -0.4 is 10.2 Å². The fraction of sp³-hybridized carbons (Fsp3) is 0.0870. The Morgan fingerprint density at radius 2 is 1.68 bits per heavy atom. The van der Waals surface area contributed by atoms with Gasteiger partial charge in [-0.05, 0) is 60.7 Å². The van der Waals surface area contributed by atoms with Crippen molar-refractivity contribution < 1.29 is 18.0 Å². The maximum Gasteiger partial charge on any atom is 0.284 e. The Morgan fingerprint density at radius 3 is 2.32 bits per heavy atom. The molecule has 1 saturated heterocycles. The molecule has 2 amide bonds. The van der Waals surface area contributed by atoms with Crippen molar-refractivity contribution in [3.63, 3.8) is 0 Å². The van der Waals surface area contributed by atoms with E-state index in [0.717, 1.165) is 16.2 Å². The topological polar surface area (TPSA) is 95.9 Å². The number of nitrogens with one attached hydrogen (secondary N) is 1. The molecule has 1 heterocycles. The van der Waals surface area contributed by atoms with Gasteiger partial charge in [-0.15, -0.1) is 4.40 Å². The lowest BCUT2D eigenvalue weighted by molar-refractivity contribution is -0.121. The molecule has 7 nitrogen and oxygen atoms in total. The van der Waals surface area contributed by atoms with Gasteiger partial charge in [-0.25, -0.2) is 0 Å². The Morgan fingerprint density at radius 1 is 1.03 bits per heavy atom. The highest BCUT2D eigenvalue weighted by Crippen LogP contribution is 2.35. The molecule has 0 bridgehead atoms. The van der Waals surface area contributed by atoms with Crippen LogP contribution in [0.15, 0.2) is 92.6 Å². The lowest BCUT2D eigenvalue weighted by Crippen LogP contribution is -2.33. The van der Waals surface area contributed by atoms with E-state index in [-0.39, 0.29) is 16.5 Å². The van der Waals surface area contributed by atoms with Crippen molar-refractivity contribution in [2.75, 3.05) is 10.2 Å². The molecule has 1 aliphatic heterocycles. The van der Waals surface area contributed by atoms with Gasteiger partial charge in [0.2, 0.25) is 11.8 Å². The lowest BCUT2D eigenvalue weighted by Gasteiger charge is -2.16. The predicted molar refractivity (Wildman–Crippen MR) is 139 cm³/mol. The van der Waals surface area contributed by atoms with Gasteiger partial charge in [-0.3, -0.25) is 14.5 Å². The standard InChI is InChI=1S/C23H17BrClN3O4S2/c24-15-6-12-19(13-7-15)34(31,32)27-23-28(18-4-2-1-3-5-18)22(30)20(33-23)14-21(29)26-17-10-8-16(25)9-11-17/h1-13,20H,14H2,(H,26,29)/t20-/m0/s1. The number of halogens is 2. The molecule has 0 aromatic heterocycles. The highest BCUT2D eigenvalue weighted by molar-refractivity contribution is 9.10. The summed E-state index contributed by atoms with van der Waals surface area (Å²) in [4.78, 5) is 27.1. The van der Waals surface area contributed by atoms with Gasteiger partial charge in [-0.2, -0.15) is 8.42 Å².